The van der Waals surface area contributed by atoms with E-state index in [-0.39, 0.29) is 6.42 Å². The fraction of sp³-hybridized carbons (Fsp3) is 0.348. The number of aryl methyl sites for hydroxylation is 1. The molecule has 6 nitrogen and oxygen atoms in total. The molecule has 3 aliphatic carbocycles. The van der Waals surface area contributed by atoms with E-state index in [0.29, 0.717) is 19.3 Å². The van der Waals surface area contributed by atoms with Crippen LogP contribution < -0.4 is 10.2 Å². The zero-order valence-corrected chi connectivity index (χ0v) is 17.5. The van der Waals surface area contributed by atoms with Crippen LogP contribution in [0.15, 0.2) is 76.9 Å². The second-order valence-corrected chi connectivity index (χ2v) is 9.95. The van der Waals surface area contributed by atoms with E-state index in [1.807, 2.05) is 36.4 Å². The summed E-state index contributed by atoms with van der Waals surface area (Å²) in [6, 6.07) is 8.52. The van der Waals surface area contributed by atoms with Crippen LogP contribution in [0.4, 0.5) is 0 Å². The number of hydroxylamine groups is 1. The second-order valence-electron chi connectivity index (χ2n) is 7.96. The Morgan fingerprint density at radius 2 is 2.00 bits per heavy atom. The highest BCUT2D eigenvalue weighted by molar-refractivity contribution is 7.90. The van der Waals surface area contributed by atoms with Crippen LogP contribution in [0.5, 0.6) is 0 Å². The molecule has 4 rings (SSSR count). The van der Waals surface area contributed by atoms with Crippen molar-refractivity contribution in [3.8, 4) is 0 Å². The lowest BCUT2D eigenvalue weighted by atomic mass is 9.88. The molecule has 1 amide bonds. The molecule has 0 radical (unpaired) electrons. The molecule has 0 spiro atoms. The number of benzene rings is 1. The minimum absolute atomic E-state index is 0.263. The summed E-state index contributed by atoms with van der Waals surface area (Å²) in [6.07, 6.45) is 11.7. The van der Waals surface area contributed by atoms with Gasteiger partial charge in [0.25, 0.3) is 5.91 Å². The SMILES string of the molecule is O=C(NO)C(CCc1ccccc1)NS(=O)(=O)C1CCC2=C3CC=CC=C3C=C2C1. The molecule has 1 fully saturated rings. The number of hydrogen-bond donors (Lipinski definition) is 3. The normalized spacial score (nSPS) is 21.4. The number of rotatable bonds is 7. The topological polar surface area (TPSA) is 95.5 Å². The first-order valence-electron chi connectivity index (χ1n) is 10.3. The average molecular weight is 427 g/mol. The first-order chi connectivity index (χ1) is 14.5. The number of carbonyl (C=O) groups is 1. The van der Waals surface area contributed by atoms with E-state index in [9.17, 15) is 13.2 Å². The van der Waals surface area contributed by atoms with Crippen molar-refractivity contribution in [2.75, 3.05) is 0 Å². The number of nitrogens with one attached hydrogen (secondary N) is 2. The van der Waals surface area contributed by atoms with E-state index in [2.05, 4.69) is 23.0 Å². The molecule has 0 aromatic heterocycles. The molecule has 30 heavy (non-hydrogen) atoms. The van der Waals surface area contributed by atoms with E-state index < -0.39 is 27.2 Å². The Bertz CT molecular complexity index is 1050. The molecule has 3 aliphatic rings. The van der Waals surface area contributed by atoms with Gasteiger partial charge in [-0.2, -0.15) is 0 Å². The number of allylic oxidation sites excluding steroid dienone is 8. The summed E-state index contributed by atoms with van der Waals surface area (Å²) < 4.78 is 28.7. The summed E-state index contributed by atoms with van der Waals surface area (Å²) in [5, 5.41) is 8.50. The van der Waals surface area contributed by atoms with Crippen LogP contribution in [0.2, 0.25) is 0 Å². The second kappa shape index (κ2) is 8.71. The van der Waals surface area contributed by atoms with Crippen molar-refractivity contribution in [1.82, 2.24) is 10.2 Å². The van der Waals surface area contributed by atoms with Gasteiger partial charge in [0.15, 0.2) is 0 Å². The largest absolute Gasteiger partial charge is 0.289 e. The molecule has 3 N–H and O–H groups in total. The minimum Gasteiger partial charge on any atom is -0.289 e. The summed E-state index contributed by atoms with van der Waals surface area (Å²) in [4.78, 5) is 12.1. The van der Waals surface area contributed by atoms with E-state index in [1.54, 1.807) is 5.48 Å². The molecule has 2 atom stereocenters. The Morgan fingerprint density at radius 3 is 2.77 bits per heavy atom. The average Bonchev–Trinajstić information content (AvgIpc) is 3.14. The lowest BCUT2D eigenvalue weighted by molar-refractivity contribution is -0.131. The van der Waals surface area contributed by atoms with E-state index >= 15 is 0 Å². The van der Waals surface area contributed by atoms with Gasteiger partial charge in [-0.1, -0.05) is 54.6 Å². The smallest absolute Gasteiger partial charge is 0.261 e. The molecule has 158 valence electrons. The quantitative estimate of drug-likeness (QED) is 0.461. The third kappa shape index (κ3) is 4.33. The van der Waals surface area contributed by atoms with Crippen LogP contribution in [-0.4, -0.2) is 30.8 Å². The number of amides is 1. The zero-order chi connectivity index (χ0) is 21.1. The standard InChI is InChI=1S/C23H26N2O4S/c26-23(24-27)22(13-10-16-6-2-1-3-7-16)25-30(28,29)19-11-12-21-18(15-19)14-17-8-4-5-9-20(17)21/h1-8,14,19,22,25,27H,9-13,15H2,(H,24,26). The van der Waals surface area contributed by atoms with Crippen molar-refractivity contribution in [3.63, 3.8) is 0 Å². The lowest BCUT2D eigenvalue weighted by Gasteiger charge is -2.27. The van der Waals surface area contributed by atoms with Crippen LogP contribution in [0.1, 0.15) is 37.7 Å². The van der Waals surface area contributed by atoms with Crippen molar-refractivity contribution in [1.29, 1.82) is 0 Å². The number of hydrogen-bond acceptors (Lipinski definition) is 4. The third-order valence-electron chi connectivity index (χ3n) is 6.06. The zero-order valence-electron chi connectivity index (χ0n) is 16.7. The van der Waals surface area contributed by atoms with Gasteiger partial charge in [0.1, 0.15) is 6.04 Å². The maximum atomic E-state index is 13.1. The van der Waals surface area contributed by atoms with Gasteiger partial charge in [-0.3, -0.25) is 10.0 Å². The van der Waals surface area contributed by atoms with Crippen molar-refractivity contribution in [3.05, 3.63) is 82.5 Å². The summed E-state index contributed by atoms with van der Waals surface area (Å²) in [7, 11) is -3.73. The maximum Gasteiger partial charge on any atom is 0.261 e. The lowest BCUT2D eigenvalue weighted by Crippen LogP contribution is -2.49. The van der Waals surface area contributed by atoms with Gasteiger partial charge < -0.3 is 0 Å². The highest BCUT2D eigenvalue weighted by Gasteiger charge is 2.36. The predicted molar refractivity (Wildman–Crippen MR) is 115 cm³/mol. The van der Waals surface area contributed by atoms with Crippen LogP contribution in [0.25, 0.3) is 0 Å². The highest BCUT2D eigenvalue weighted by Crippen LogP contribution is 2.43. The summed E-state index contributed by atoms with van der Waals surface area (Å²) in [5.74, 6) is -0.740. The van der Waals surface area contributed by atoms with Crippen molar-refractivity contribution >= 4 is 15.9 Å². The molecule has 1 aromatic rings. The van der Waals surface area contributed by atoms with Gasteiger partial charge in [-0.05, 0) is 66.4 Å². The minimum atomic E-state index is -3.73. The first kappa shape index (κ1) is 20.8. The summed E-state index contributed by atoms with van der Waals surface area (Å²) >= 11 is 0. The van der Waals surface area contributed by atoms with Gasteiger partial charge in [0.05, 0.1) is 5.25 Å². The number of fused-ring (bicyclic) bond motifs is 2. The molecule has 1 saturated carbocycles. The Hall–Kier alpha value is -2.48. The highest BCUT2D eigenvalue weighted by atomic mass is 32.2. The molecule has 0 saturated heterocycles. The maximum absolute atomic E-state index is 13.1. The predicted octanol–water partition coefficient (Wildman–Crippen LogP) is 3.09. The fourth-order valence-electron chi connectivity index (χ4n) is 4.46. The van der Waals surface area contributed by atoms with Crippen LogP contribution >= 0.6 is 0 Å². The van der Waals surface area contributed by atoms with Crippen LogP contribution in [0.3, 0.4) is 0 Å². The molecular weight excluding hydrogens is 400 g/mol. The molecule has 2 unspecified atom stereocenters. The van der Waals surface area contributed by atoms with Crippen molar-refractivity contribution in [2.45, 2.75) is 49.8 Å². The van der Waals surface area contributed by atoms with Crippen LogP contribution in [-0.2, 0) is 21.2 Å². The Kier molecular flexibility index (Phi) is 6.04. The van der Waals surface area contributed by atoms with E-state index in [4.69, 9.17) is 5.21 Å². The number of carbonyl (C=O) groups excluding carboxylic acids is 1. The molecular formula is C23H26N2O4S. The molecule has 0 aliphatic heterocycles. The monoisotopic (exact) mass is 426 g/mol. The van der Waals surface area contributed by atoms with Gasteiger partial charge in [-0.15, -0.1) is 0 Å². The van der Waals surface area contributed by atoms with Gasteiger partial charge in [-0.25, -0.2) is 18.6 Å². The van der Waals surface area contributed by atoms with Gasteiger partial charge in [0.2, 0.25) is 10.0 Å². The molecule has 0 bridgehead atoms. The molecule has 7 heteroatoms. The number of sulfonamides is 1. The Balaban J connectivity index is 1.45. The summed E-state index contributed by atoms with van der Waals surface area (Å²) in [5.41, 5.74) is 7.48. The van der Waals surface area contributed by atoms with E-state index in [0.717, 1.165) is 24.0 Å². The summed E-state index contributed by atoms with van der Waals surface area (Å²) in [6.45, 7) is 0. The van der Waals surface area contributed by atoms with Gasteiger partial charge >= 0.3 is 0 Å². The first-order valence-corrected chi connectivity index (χ1v) is 11.8. The van der Waals surface area contributed by atoms with Crippen molar-refractivity contribution < 1.29 is 18.4 Å². The van der Waals surface area contributed by atoms with Crippen molar-refractivity contribution in [2.24, 2.45) is 0 Å². The fourth-order valence-corrected chi connectivity index (χ4v) is 6.10. The Labute approximate surface area is 177 Å². The van der Waals surface area contributed by atoms with Crippen LogP contribution in [0, 0.1) is 0 Å². The third-order valence-corrected chi connectivity index (χ3v) is 7.96. The molecule has 0 heterocycles. The molecule has 1 aromatic carbocycles. The van der Waals surface area contributed by atoms with Gasteiger partial charge in [0, 0.05) is 0 Å². The van der Waals surface area contributed by atoms with E-state index in [1.165, 1.54) is 16.7 Å². The Morgan fingerprint density at radius 1 is 1.20 bits per heavy atom.